The summed E-state index contributed by atoms with van der Waals surface area (Å²) in [6.07, 6.45) is 2.25. The largest absolute Gasteiger partial charge is 0.456 e. The van der Waals surface area contributed by atoms with Crippen LogP contribution in [0.4, 0.5) is 4.79 Å². The number of likely N-dealkylation sites (tertiary alicyclic amines) is 1. The number of carbonyl (C=O) groups excluding carboxylic acids is 1. The van der Waals surface area contributed by atoms with Gasteiger partial charge in [-0.05, 0) is 50.7 Å². The number of hydrogen-bond donors (Lipinski definition) is 1. The van der Waals surface area contributed by atoms with Gasteiger partial charge < -0.3 is 28.8 Å². The van der Waals surface area contributed by atoms with Crippen molar-refractivity contribution in [3.8, 4) is 17.3 Å². The molecule has 0 radical (unpaired) electrons. The van der Waals surface area contributed by atoms with E-state index in [0.29, 0.717) is 60.1 Å². The summed E-state index contributed by atoms with van der Waals surface area (Å²) in [6, 6.07) is 10.6. The Morgan fingerprint density at radius 3 is 2.68 bits per heavy atom. The topological polar surface area (TPSA) is 98.8 Å². The molecule has 3 saturated heterocycles. The highest BCUT2D eigenvalue weighted by atomic mass is 35.5. The molecule has 3 aliphatic heterocycles. The summed E-state index contributed by atoms with van der Waals surface area (Å²) in [5.74, 6) is 0.400. The number of aromatic amines is 1. The second-order valence-electron chi connectivity index (χ2n) is 10.2. The van der Waals surface area contributed by atoms with Crippen molar-refractivity contribution in [1.82, 2.24) is 19.9 Å². The third-order valence-corrected chi connectivity index (χ3v) is 7.62. The van der Waals surface area contributed by atoms with Gasteiger partial charge in [0.25, 0.3) is 6.01 Å². The fraction of sp³-hybridized carbons (Fsp3) is 0.519. The maximum absolute atomic E-state index is 12.2. The molecule has 0 unspecified atom stereocenters. The molecule has 3 aromatic rings. The molecule has 1 amide bonds. The number of hydrogen-bond acceptors (Lipinski definition) is 7. The van der Waals surface area contributed by atoms with Gasteiger partial charge in [-0.3, -0.25) is 0 Å². The quantitative estimate of drug-likeness (QED) is 0.503. The number of pyridine rings is 1. The first-order valence-corrected chi connectivity index (χ1v) is 13.3. The fourth-order valence-corrected chi connectivity index (χ4v) is 5.67. The number of nitrogens with zero attached hydrogens (tertiary/aromatic N) is 3. The second kappa shape index (κ2) is 10.1. The molecule has 37 heavy (non-hydrogen) atoms. The van der Waals surface area contributed by atoms with Crippen LogP contribution in [0, 0.1) is 0 Å². The zero-order valence-electron chi connectivity index (χ0n) is 21.0. The van der Waals surface area contributed by atoms with Gasteiger partial charge in [-0.2, -0.15) is 4.98 Å². The van der Waals surface area contributed by atoms with Gasteiger partial charge in [0.15, 0.2) is 11.8 Å². The molecule has 0 spiro atoms. The first kappa shape index (κ1) is 24.5. The Morgan fingerprint density at radius 2 is 1.92 bits per heavy atom. The van der Waals surface area contributed by atoms with Gasteiger partial charge >= 0.3 is 6.09 Å². The molecule has 9 nitrogen and oxygen atoms in total. The number of piperidine rings is 1. The van der Waals surface area contributed by atoms with E-state index >= 15 is 0 Å². The average molecular weight is 527 g/mol. The maximum Gasteiger partial charge on any atom is 0.410 e. The van der Waals surface area contributed by atoms with Gasteiger partial charge in [-0.15, -0.1) is 0 Å². The summed E-state index contributed by atoms with van der Waals surface area (Å²) >= 11 is 6.62. The number of ether oxygens (including phenoxy) is 4. The molecule has 3 fully saturated rings. The molecule has 1 aromatic carbocycles. The van der Waals surface area contributed by atoms with Crippen molar-refractivity contribution in [3.63, 3.8) is 0 Å². The highest BCUT2D eigenvalue weighted by molar-refractivity contribution is 6.33. The monoisotopic (exact) mass is 526 g/mol. The molecule has 5 heterocycles. The predicted octanol–water partition coefficient (Wildman–Crippen LogP) is 4.94. The number of nitrogens with one attached hydrogen (secondary N) is 1. The molecule has 3 aliphatic rings. The maximum atomic E-state index is 12.2. The van der Waals surface area contributed by atoms with Gasteiger partial charge in [0.1, 0.15) is 6.10 Å². The van der Waals surface area contributed by atoms with Crippen molar-refractivity contribution in [2.75, 3.05) is 26.3 Å². The van der Waals surface area contributed by atoms with Crippen molar-refractivity contribution >= 4 is 28.9 Å². The highest BCUT2D eigenvalue weighted by Crippen LogP contribution is 2.34. The van der Waals surface area contributed by atoms with Gasteiger partial charge in [0, 0.05) is 25.3 Å². The molecule has 3 atom stereocenters. The third-order valence-electron chi connectivity index (χ3n) is 7.33. The number of aromatic nitrogens is 3. The Balaban J connectivity index is 1.13. The number of imidazole rings is 1. The van der Waals surface area contributed by atoms with E-state index in [2.05, 4.69) is 22.1 Å². The number of H-pyrrole nitrogens is 1. The first-order chi connectivity index (χ1) is 17.9. The minimum atomic E-state index is -0.223. The number of rotatable bonds is 5. The van der Waals surface area contributed by atoms with Crippen LogP contribution in [-0.4, -0.2) is 76.7 Å². The lowest BCUT2D eigenvalue weighted by atomic mass is 9.89. The summed E-state index contributed by atoms with van der Waals surface area (Å²) in [6.45, 7) is 6.32. The number of halogens is 1. The number of benzene rings is 1. The first-order valence-electron chi connectivity index (χ1n) is 13.0. The van der Waals surface area contributed by atoms with Crippen LogP contribution in [-0.2, 0) is 14.2 Å². The highest BCUT2D eigenvalue weighted by Gasteiger charge is 2.43. The standard InChI is InChI=1S/C27H31ClN4O5/c1-15(2)36-27(33)32-10-7-17(8-11-32)16-3-5-18(6-4-16)23-19(28)13-20-25(30-23)31-26(29-20)37-22-14-35-21-9-12-34-24(21)22/h3-6,13,15,17,21-22,24H,7-12,14H2,1-2H3,(H,29,30,31)/t21-,22-,24+/m1/s1. The Morgan fingerprint density at radius 1 is 1.14 bits per heavy atom. The lowest BCUT2D eigenvalue weighted by Crippen LogP contribution is -2.39. The molecule has 1 N–H and O–H groups in total. The van der Waals surface area contributed by atoms with E-state index < -0.39 is 0 Å². The SMILES string of the molecule is CC(C)OC(=O)N1CCC(c2ccc(-c3nc4nc(O[C@@H]5CO[C@@H]6CCO[C@@H]65)[nH]c4cc3Cl)cc2)CC1. The van der Waals surface area contributed by atoms with Crippen molar-refractivity contribution in [2.45, 2.75) is 63.4 Å². The molecular weight excluding hydrogens is 496 g/mol. The van der Waals surface area contributed by atoms with Crippen molar-refractivity contribution in [3.05, 3.63) is 40.9 Å². The van der Waals surface area contributed by atoms with Gasteiger partial charge in [0.05, 0.1) is 35.0 Å². The summed E-state index contributed by atoms with van der Waals surface area (Å²) < 4.78 is 22.9. The zero-order valence-corrected chi connectivity index (χ0v) is 21.7. The molecular formula is C27H31ClN4O5. The average Bonchev–Trinajstić information content (AvgIpc) is 3.60. The van der Waals surface area contributed by atoms with E-state index in [1.165, 1.54) is 5.56 Å². The molecule has 10 heteroatoms. The number of amides is 1. The van der Waals surface area contributed by atoms with Crippen molar-refractivity contribution in [2.24, 2.45) is 0 Å². The smallest absolute Gasteiger partial charge is 0.410 e. The lowest BCUT2D eigenvalue weighted by Gasteiger charge is -2.32. The van der Waals surface area contributed by atoms with Crippen LogP contribution in [0.2, 0.25) is 5.02 Å². The Bertz CT molecular complexity index is 1270. The van der Waals surface area contributed by atoms with E-state index in [9.17, 15) is 4.79 Å². The van der Waals surface area contributed by atoms with E-state index in [1.807, 2.05) is 32.0 Å². The van der Waals surface area contributed by atoms with E-state index in [-0.39, 0.29) is 30.5 Å². The van der Waals surface area contributed by atoms with Gasteiger partial charge in [-0.25, -0.2) is 9.78 Å². The van der Waals surface area contributed by atoms with E-state index in [4.69, 9.17) is 35.5 Å². The molecule has 196 valence electrons. The summed E-state index contributed by atoms with van der Waals surface area (Å²) in [4.78, 5) is 26.4. The van der Waals surface area contributed by atoms with Crippen LogP contribution in [0.1, 0.15) is 44.6 Å². The fourth-order valence-electron chi connectivity index (χ4n) is 5.41. The summed E-state index contributed by atoms with van der Waals surface area (Å²) in [7, 11) is 0. The van der Waals surface area contributed by atoms with Crippen molar-refractivity contribution in [1.29, 1.82) is 0 Å². The Labute approximate surface area is 220 Å². The number of carbonyl (C=O) groups is 1. The van der Waals surface area contributed by atoms with Gasteiger partial charge in [0.2, 0.25) is 0 Å². The summed E-state index contributed by atoms with van der Waals surface area (Å²) in [5.41, 5.74) is 4.10. The van der Waals surface area contributed by atoms with Crippen LogP contribution in [0.5, 0.6) is 6.01 Å². The van der Waals surface area contributed by atoms with Crippen LogP contribution in [0.3, 0.4) is 0 Å². The minimum Gasteiger partial charge on any atom is -0.456 e. The lowest BCUT2D eigenvalue weighted by molar-refractivity contribution is 0.0273. The Kier molecular flexibility index (Phi) is 6.69. The third kappa shape index (κ3) is 5.00. The van der Waals surface area contributed by atoms with Crippen LogP contribution >= 0.6 is 11.6 Å². The van der Waals surface area contributed by atoms with E-state index in [0.717, 1.165) is 24.8 Å². The summed E-state index contributed by atoms with van der Waals surface area (Å²) in [5, 5.41) is 0.538. The van der Waals surface area contributed by atoms with Crippen LogP contribution in [0.25, 0.3) is 22.4 Å². The molecule has 0 aliphatic carbocycles. The van der Waals surface area contributed by atoms with Crippen molar-refractivity contribution < 1.29 is 23.7 Å². The van der Waals surface area contributed by atoms with Crippen LogP contribution < -0.4 is 4.74 Å². The predicted molar refractivity (Wildman–Crippen MR) is 138 cm³/mol. The molecule has 0 bridgehead atoms. The minimum absolute atomic E-state index is 0.0556. The second-order valence-corrected chi connectivity index (χ2v) is 10.6. The zero-order chi connectivity index (χ0) is 25.5. The normalized spacial score (nSPS) is 24.1. The molecule has 0 saturated carbocycles. The van der Waals surface area contributed by atoms with Crippen LogP contribution in [0.15, 0.2) is 30.3 Å². The number of fused-ring (bicyclic) bond motifs is 2. The Hall–Kier alpha value is -2.88. The molecule has 2 aromatic heterocycles. The van der Waals surface area contributed by atoms with E-state index in [1.54, 1.807) is 4.90 Å². The molecule has 6 rings (SSSR count). The van der Waals surface area contributed by atoms with Gasteiger partial charge in [-0.1, -0.05) is 35.9 Å².